The van der Waals surface area contributed by atoms with Crippen LogP contribution in [0.3, 0.4) is 0 Å². The Morgan fingerprint density at radius 1 is 1.20 bits per heavy atom. The molecule has 0 saturated heterocycles. The first-order valence-electron chi connectivity index (χ1n) is 4.81. The molecule has 2 nitrogen and oxygen atoms in total. The number of aliphatic hydroxyl groups excluding tert-OH is 1. The van der Waals surface area contributed by atoms with Crippen LogP contribution in [0.15, 0.2) is 36.4 Å². The zero-order valence-electron chi connectivity index (χ0n) is 8.44. The first kappa shape index (κ1) is 9.70. The predicted octanol–water partition coefficient (Wildman–Crippen LogP) is 1.97. The molecule has 0 spiro atoms. The minimum absolute atomic E-state index is 0.613. The topological polar surface area (TPSA) is 33.1 Å². The lowest BCUT2D eigenvalue weighted by Crippen LogP contribution is -1.93. The Bertz CT molecular complexity index is 535. The fourth-order valence-corrected chi connectivity index (χ4v) is 1.31. The molecule has 1 heterocycles. The molecule has 2 heteroatoms. The summed E-state index contributed by atoms with van der Waals surface area (Å²) in [4.78, 5) is 4.36. The van der Waals surface area contributed by atoms with Gasteiger partial charge in [0.1, 0.15) is 11.8 Å². The molecule has 0 aliphatic carbocycles. The van der Waals surface area contributed by atoms with E-state index in [1.165, 1.54) is 0 Å². The van der Waals surface area contributed by atoms with Gasteiger partial charge in [0.15, 0.2) is 0 Å². The summed E-state index contributed by atoms with van der Waals surface area (Å²) in [5, 5.41) is 10.1. The van der Waals surface area contributed by atoms with Crippen LogP contribution in [0.25, 0.3) is 10.9 Å². The zero-order valence-corrected chi connectivity index (χ0v) is 8.44. The summed E-state index contributed by atoms with van der Waals surface area (Å²) in [7, 11) is 0. The SMILES string of the molecule is C[C@@H](O)C#Cc1ccc2ccccc2n1. The van der Waals surface area contributed by atoms with Crippen molar-refractivity contribution in [1.82, 2.24) is 4.98 Å². The third-order valence-electron chi connectivity index (χ3n) is 2.01. The lowest BCUT2D eigenvalue weighted by molar-refractivity contribution is 0.253. The molecule has 0 saturated carbocycles. The number of hydrogen-bond donors (Lipinski definition) is 1. The molecule has 2 rings (SSSR count). The number of hydrogen-bond acceptors (Lipinski definition) is 2. The van der Waals surface area contributed by atoms with E-state index < -0.39 is 6.10 Å². The fourth-order valence-electron chi connectivity index (χ4n) is 1.31. The molecule has 2 aromatic rings. The average Bonchev–Trinajstić information content (AvgIpc) is 2.26. The third kappa shape index (κ3) is 2.34. The van der Waals surface area contributed by atoms with Crippen molar-refractivity contribution in [2.45, 2.75) is 13.0 Å². The van der Waals surface area contributed by atoms with E-state index in [9.17, 15) is 0 Å². The average molecular weight is 197 g/mol. The minimum atomic E-state index is -0.613. The van der Waals surface area contributed by atoms with Gasteiger partial charge < -0.3 is 5.11 Å². The molecule has 0 unspecified atom stereocenters. The van der Waals surface area contributed by atoms with Gasteiger partial charge >= 0.3 is 0 Å². The Hall–Kier alpha value is -1.85. The van der Waals surface area contributed by atoms with Gasteiger partial charge in [-0.1, -0.05) is 30.2 Å². The first-order chi connectivity index (χ1) is 7.25. The van der Waals surface area contributed by atoms with Gasteiger partial charge in [-0.25, -0.2) is 4.98 Å². The number of fused-ring (bicyclic) bond motifs is 1. The van der Waals surface area contributed by atoms with E-state index in [0.717, 1.165) is 10.9 Å². The molecule has 1 N–H and O–H groups in total. The quantitative estimate of drug-likeness (QED) is 0.655. The largest absolute Gasteiger partial charge is 0.381 e. The Morgan fingerprint density at radius 2 is 2.00 bits per heavy atom. The maximum Gasteiger partial charge on any atom is 0.113 e. The lowest BCUT2D eigenvalue weighted by atomic mass is 10.2. The summed E-state index contributed by atoms with van der Waals surface area (Å²) in [6.45, 7) is 1.63. The van der Waals surface area contributed by atoms with E-state index in [4.69, 9.17) is 5.11 Å². The van der Waals surface area contributed by atoms with Crippen molar-refractivity contribution in [1.29, 1.82) is 0 Å². The Kier molecular flexibility index (Phi) is 2.66. The molecule has 0 fully saturated rings. The lowest BCUT2D eigenvalue weighted by Gasteiger charge is -1.96. The standard InChI is InChI=1S/C13H11NO/c1-10(15)6-8-12-9-7-11-4-2-3-5-13(11)14-12/h2-5,7,9-10,15H,1H3/t10-/m1/s1. The van der Waals surface area contributed by atoms with Gasteiger partial charge in [-0.2, -0.15) is 0 Å². The number of nitrogens with zero attached hydrogens (tertiary/aromatic N) is 1. The Labute approximate surface area is 88.6 Å². The number of pyridine rings is 1. The smallest absolute Gasteiger partial charge is 0.113 e. The van der Waals surface area contributed by atoms with Crippen LogP contribution < -0.4 is 0 Å². The molecule has 74 valence electrons. The van der Waals surface area contributed by atoms with Crippen molar-refractivity contribution >= 4 is 10.9 Å². The van der Waals surface area contributed by atoms with Crippen LogP contribution >= 0.6 is 0 Å². The van der Waals surface area contributed by atoms with Crippen molar-refractivity contribution in [3.63, 3.8) is 0 Å². The summed E-state index contributed by atoms with van der Waals surface area (Å²) in [6.07, 6.45) is -0.613. The van der Waals surface area contributed by atoms with Crippen LogP contribution in [0.5, 0.6) is 0 Å². The van der Waals surface area contributed by atoms with E-state index in [1.54, 1.807) is 6.92 Å². The highest BCUT2D eigenvalue weighted by Gasteiger charge is 1.94. The van der Waals surface area contributed by atoms with Gasteiger partial charge in [-0.05, 0) is 25.0 Å². The van der Waals surface area contributed by atoms with Crippen LogP contribution in [0.1, 0.15) is 12.6 Å². The number of aliphatic hydroxyl groups is 1. The van der Waals surface area contributed by atoms with Gasteiger partial charge in [0.25, 0.3) is 0 Å². The normalized spacial score (nSPS) is 11.9. The molecule has 1 aromatic heterocycles. The summed E-state index contributed by atoms with van der Waals surface area (Å²) in [5.41, 5.74) is 1.62. The molecule has 0 aliphatic rings. The first-order valence-corrected chi connectivity index (χ1v) is 4.81. The van der Waals surface area contributed by atoms with E-state index in [1.807, 2.05) is 36.4 Å². The minimum Gasteiger partial charge on any atom is -0.381 e. The molecule has 0 aliphatic heterocycles. The van der Waals surface area contributed by atoms with Gasteiger partial charge in [-0.3, -0.25) is 0 Å². The third-order valence-corrected chi connectivity index (χ3v) is 2.01. The molecular weight excluding hydrogens is 186 g/mol. The van der Waals surface area contributed by atoms with Crippen molar-refractivity contribution < 1.29 is 5.11 Å². The molecule has 15 heavy (non-hydrogen) atoms. The molecular formula is C13H11NO. The maximum atomic E-state index is 9.03. The van der Waals surface area contributed by atoms with Crippen LogP contribution in [-0.4, -0.2) is 16.2 Å². The second kappa shape index (κ2) is 4.12. The molecule has 1 atom stereocenters. The number of para-hydroxylation sites is 1. The number of benzene rings is 1. The highest BCUT2D eigenvalue weighted by atomic mass is 16.3. The summed E-state index contributed by atoms with van der Waals surface area (Å²) in [5.74, 6) is 5.49. The van der Waals surface area contributed by atoms with Crippen molar-refractivity contribution in [2.24, 2.45) is 0 Å². The number of rotatable bonds is 0. The van der Waals surface area contributed by atoms with Gasteiger partial charge in [-0.15, -0.1) is 0 Å². The van der Waals surface area contributed by atoms with E-state index in [2.05, 4.69) is 16.8 Å². The van der Waals surface area contributed by atoms with Crippen molar-refractivity contribution in [3.8, 4) is 11.8 Å². The van der Waals surface area contributed by atoms with E-state index in [0.29, 0.717) is 5.69 Å². The summed E-state index contributed by atoms with van der Waals surface area (Å²) >= 11 is 0. The van der Waals surface area contributed by atoms with E-state index in [-0.39, 0.29) is 0 Å². The van der Waals surface area contributed by atoms with Crippen LogP contribution in [-0.2, 0) is 0 Å². The molecule has 1 aromatic carbocycles. The van der Waals surface area contributed by atoms with Crippen LogP contribution in [0.2, 0.25) is 0 Å². The highest BCUT2D eigenvalue weighted by Crippen LogP contribution is 2.10. The molecule has 0 amide bonds. The summed E-state index contributed by atoms with van der Waals surface area (Å²) < 4.78 is 0. The van der Waals surface area contributed by atoms with Gasteiger partial charge in [0, 0.05) is 5.39 Å². The van der Waals surface area contributed by atoms with Crippen molar-refractivity contribution in [2.75, 3.05) is 0 Å². The summed E-state index contributed by atoms with van der Waals surface area (Å²) in [6, 6.07) is 11.7. The number of aromatic nitrogens is 1. The van der Waals surface area contributed by atoms with Gasteiger partial charge in [0.2, 0.25) is 0 Å². The van der Waals surface area contributed by atoms with Crippen molar-refractivity contribution in [3.05, 3.63) is 42.1 Å². The second-order valence-corrected chi connectivity index (χ2v) is 3.33. The highest BCUT2D eigenvalue weighted by molar-refractivity contribution is 5.78. The van der Waals surface area contributed by atoms with Gasteiger partial charge in [0.05, 0.1) is 5.52 Å². The fraction of sp³-hybridized carbons (Fsp3) is 0.154. The Morgan fingerprint density at radius 3 is 2.80 bits per heavy atom. The maximum absolute atomic E-state index is 9.03. The molecule has 0 radical (unpaired) electrons. The second-order valence-electron chi connectivity index (χ2n) is 3.33. The zero-order chi connectivity index (χ0) is 10.7. The predicted molar refractivity (Wildman–Crippen MR) is 60.3 cm³/mol. The molecule has 0 bridgehead atoms. The van der Waals surface area contributed by atoms with Crippen LogP contribution in [0.4, 0.5) is 0 Å². The monoisotopic (exact) mass is 197 g/mol. The Balaban J connectivity index is 2.44. The van der Waals surface area contributed by atoms with E-state index >= 15 is 0 Å². The van der Waals surface area contributed by atoms with Crippen LogP contribution in [0, 0.1) is 11.8 Å².